The number of amides is 2. The summed E-state index contributed by atoms with van der Waals surface area (Å²) in [7, 11) is 0. The van der Waals surface area contributed by atoms with Gasteiger partial charge in [0.25, 0.3) is 0 Å². The fraction of sp³-hybridized carbons (Fsp3) is 0.667. The first-order chi connectivity index (χ1) is 8.51. The maximum absolute atomic E-state index is 11.6. The van der Waals surface area contributed by atoms with Crippen molar-refractivity contribution in [3.05, 3.63) is 12.4 Å². The van der Waals surface area contributed by atoms with Gasteiger partial charge >= 0.3 is 6.03 Å². The predicted molar refractivity (Wildman–Crippen MR) is 70.4 cm³/mol. The van der Waals surface area contributed by atoms with E-state index in [0.29, 0.717) is 18.0 Å². The molecule has 1 rings (SSSR count). The Morgan fingerprint density at radius 3 is 2.83 bits per heavy atom. The van der Waals surface area contributed by atoms with Crippen molar-refractivity contribution in [2.45, 2.75) is 39.8 Å². The summed E-state index contributed by atoms with van der Waals surface area (Å²) in [6.07, 6.45) is 3.97. The van der Waals surface area contributed by atoms with Crippen molar-refractivity contribution < 1.29 is 9.90 Å². The Bertz CT molecular complexity index is 376. The largest absolute Gasteiger partial charge is 0.396 e. The molecule has 0 saturated carbocycles. The molecule has 1 aromatic heterocycles. The molecule has 0 bridgehead atoms. The first-order valence-electron chi connectivity index (χ1n) is 6.22. The van der Waals surface area contributed by atoms with Gasteiger partial charge in [-0.1, -0.05) is 13.8 Å². The summed E-state index contributed by atoms with van der Waals surface area (Å²) < 4.78 is 1.80. The number of aliphatic hydroxyl groups excluding tert-OH is 1. The number of hydrogen-bond donors (Lipinski definition) is 3. The quantitative estimate of drug-likeness (QED) is 0.718. The lowest BCUT2D eigenvalue weighted by Gasteiger charge is -2.12. The first kappa shape index (κ1) is 14.5. The van der Waals surface area contributed by atoms with E-state index in [-0.39, 0.29) is 18.7 Å². The molecule has 6 nitrogen and oxygen atoms in total. The number of rotatable bonds is 6. The minimum atomic E-state index is -0.278. The van der Waals surface area contributed by atoms with Crippen molar-refractivity contribution in [3.8, 4) is 0 Å². The molecule has 3 N–H and O–H groups in total. The van der Waals surface area contributed by atoms with Crippen LogP contribution in [-0.4, -0.2) is 33.6 Å². The molecule has 0 aliphatic carbocycles. The number of anilines is 1. The molecular weight excluding hydrogens is 232 g/mol. The SMILES string of the molecule is CC(C)Cn1cc(NC(=O)N[C@H](C)CCO)cn1. The highest BCUT2D eigenvalue weighted by Gasteiger charge is 2.08. The number of aromatic nitrogens is 2. The second kappa shape index (κ2) is 7.00. The van der Waals surface area contributed by atoms with Gasteiger partial charge in [-0.25, -0.2) is 4.79 Å². The van der Waals surface area contributed by atoms with E-state index in [1.54, 1.807) is 17.1 Å². The summed E-state index contributed by atoms with van der Waals surface area (Å²) in [6, 6.07) is -0.333. The Morgan fingerprint density at radius 2 is 2.22 bits per heavy atom. The molecule has 0 radical (unpaired) electrons. The summed E-state index contributed by atoms with van der Waals surface area (Å²) in [5.74, 6) is 0.510. The van der Waals surface area contributed by atoms with E-state index in [1.807, 2.05) is 6.92 Å². The van der Waals surface area contributed by atoms with E-state index in [2.05, 4.69) is 29.6 Å². The van der Waals surface area contributed by atoms with Crippen LogP contribution in [-0.2, 0) is 6.54 Å². The third kappa shape index (κ3) is 5.18. The molecule has 0 aromatic carbocycles. The molecule has 0 aliphatic heterocycles. The first-order valence-corrected chi connectivity index (χ1v) is 6.22. The van der Waals surface area contributed by atoms with Crippen LogP contribution in [0.1, 0.15) is 27.2 Å². The standard InChI is InChI=1S/C12H22N4O2/c1-9(2)7-16-8-11(6-13-16)15-12(18)14-10(3)4-5-17/h6,8-10,17H,4-5,7H2,1-3H3,(H2,14,15,18)/t10-/m1/s1. The van der Waals surface area contributed by atoms with Gasteiger partial charge < -0.3 is 15.7 Å². The van der Waals surface area contributed by atoms with Crippen LogP contribution in [0.15, 0.2) is 12.4 Å². The molecular formula is C12H22N4O2. The fourth-order valence-corrected chi connectivity index (χ4v) is 1.56. The number of urea groups is 1. The van der Waals surface area contributed by atoms with Crippen LogP contribution < -0.4 is 10.6 Å². The van der Waals surface area contributed by atoms with Crippen LogP contribution in [0.2, 0.25) is 0 Å². The van der Waals surface area contributed by atoms with E-state index in [4.69, 9.17) is 5.11 Å². The molecule has 0 unspecified atom stereocenters. The number of nitrogens with zero attached hydrogens (tertiary/aromatic N) is 2. The monoisotopic (exact) mass is 254 g/mol. The lowest BCUT2D eigenvalue weighted by Crippen LogP contribution is -2.36. The lowest BCUT2D eigenvalue weighted by atomic mass is 10.2. The van der Waals surface area contributed by atoms with Crippen molar-refractivity contribution >= 4 is 11.7 Å². The highest BCUT2D eigenvalue weighted by Crippen LogP contribution is 2.07. The fourth-order valence-electron chi connectivity index (χ4n) is 1.56. The van der Waals surface area contributed by atoms with Crippen LogP contribution >= 0.6 is 0 Å². The number of hydrogen-bond acceptors (Lipinski definition) is 3. The molecule has 6 heteroatoms. The lowest BCUT2D eigenvalue weighted by molar-refractivity contribution is 0.241. The zero-order chi connectivity index (χ0) is 13.5. The second-order valence-electron chi connectivity index (χ2n) is 4.86. The molecule has 1 aromatic rings. The zero-order valence-corrected chi connectivity index (χ0v) is 11.2. The Morgan fingerprint density at radius 1 is 1.50 bits per heavy atom. The highest BCUT2D eigenvalue weighted by molar-refractivity contribution is 5.89. The smallest absolute Gasteiger partial charge is 0.319 e. The average Bonchev–Trinajstić information content (AvgIpc) is 2.64. The van der Waals surface area contributed by atoms with Gasteiger partial charge in [0.05, 0.1) is 11.9 Å². The van der Waals surface area contributed by atoms with Gasteiger partial charge in [-0.3, -0.25) is 4.68 Å². The van der Waals surface area contributed by atoms with Gasteiger partial charge in [-0.15, -0.1) is 0 Å². The van der Waals surface area contributed by atoms with Gasteiger partial charge in [-0.2, -0.15) is 5.10 Å². The number of nitrogens with one attached hydrogen (secondary N) is 2. The molecule has 0 saturated heterocycles. The molecule has 1 heterocycles. The molecule has 0 aliphatic rings. The van der Waals surface area contributed by atoms with Gasteiger partial charge in [0.1, 0.15) is 0 Å². The molecule has 0 fully saturated rings. The van der Waals surface area contributed by atoms with Gasteiger partial charge in [0, 0.05) is 25.4 Å². The Balaban J connectivity index is 2.42. The highest BCUT2D eigenvalue weighted by atomic mass is 16.3. The van der Waals surface area contributed by atoms with Crippen LogP contribution in [0.25, 0.3) is 0 Å². The molecule has 2 amide bonds. The van der Waals surface area contributed by atoms with Crippen molar-refractivity contribution in [2.24, 2.45) is 5.92 Å². The third-order valence-electron chi connectivity index (χ3n) is 2.38. The average molecular weight is 254 g/mol. The summed E-state index contributed by atoms with van der Waals surface area (Å²) >= 11 is 0. The van der Waals surface area contributed by atoms with Crippen molar-refractivity contribution in [1.29, 1.82) is 0 Å². The normalized spacial score (nSPS) is 12.5. The van der Waals surface area contributed by atoms with Crippen molar-refractivity contribution in [1.82, 2.24) is 15.1 Å². The minimum absolute atomic E-state index is 0.0549. The van der Waals surface area contributed by atoms with E-state index in [0.717, 1.165) is 6.54 Å². The Kier molecular flexibility index (Phi) is 5.64. The summed E-state index contributed by atoms with van der Waals surface area (Å²) in [6.45, 7) is 6.95. The van der Waals surface area contributed by atoms with E-state index in [9.17, 15) is 4.79 Å². The molecule has 102 valence electrons. The topological polar surface area (TPSA) is 79.2 Å². The number of carbonyl (C=O) groups excluding carboxylic acids is 1. The molecule has 18 heavy (non-hydrogen) atoms. The van der Waals surface area contributed by atoms with Crippen LogP contribution in [0.4, 0.5) is 10.5 Å². The zero-order valence-electron chi connectivity index (χ0n) is 11.2. The minimum Gasteiger partial charge on any atom is -0.396 e. The maximum Gasteiger partial charge on any atom is 0.319 e. The summed E-state index contributed by atoms with van der Waals surface area (Å²) in [4.78, 5) is 11.6. The van der Waals surface area contributed by atoms with Crippen LogP contribution in [0.5, 0.6) is 0 Å². The van der Waals surface area contributed by atoms with Crippen molar-refractivity contribution in [2.75, 3.05) is 11.9 Å². The van der Waals surface area contributed by atoms with Crippen molar-refractivity contribution in [3.63, 3.8) is 0 Å². The Labute approximate surface area is 107 Å². The van der Waals surface area contributed by atoms with Crippen LogP contribution in [0, 0.1) is 5.92 Å². The predicted octanol–water partition coefficient (Wildman–Crippen LogP) is 1.43. The molecule has 0 spiro atoms. The third-order valence-corrected chi connectivity index (χ3v) is 2.38. The number of aliphatic hydroxyl groups is 1. The van der Waals surface area contributed by atoms with E-state index in [1.165, 1.54) is 0 Å². The van der Waals surface area contributed by atoms with Gasteiger partial charge in [0.15, 0.2) is 0 Å². The molecule has 1 atom stereocenters. The van der Waals surface area contributed by atoms with Crippen LogP contribution in [0.3, 0.4) is 0 Å². The van der Waals surface area contributed by atoms with Gasteiger partial charge in [-0.05, 0) is 19.3 Å². The van der Waals surface area contributed by atoms with E-state index < -0.39 is 0 Å². The van der Waals surface area contributed by atoms with Gasteiger partial charge in [0.2, 0.25) is 0 Å². The summed E-state index contributed by atoms with van der Waals surface area (Å²) in [5.41, 5.74) is 0.671. The Hall–Kier alpha value is -1.56. The summed E-state index contributed by atoms with van der Waals surface area (Å²) in [5, 5.41) is 18.3. The number of carbonyl (C=O) groups is 1. The maximum atomic E-state index is 11.6. The second-order valence-corrected chi connectivity index (χ2v) is 4.86. The van der Waals surface area contributed by atoms with E-state index >= 15 is 0 Å².